The first-order chi connectivity index (χ1) is 32.9. The van der Waals surface area contributed by atoms with Gasteiger partial charge in [0.05, 0.1) is 17.8 Å². The molecule has 3 heteroatoms. The summed E-state index contributed by atoms with van der Waals surface area (Å²) >= 11 is 0. The lowest BCUT2D eigenvalue weighted by atomic mass is 9.80. The standard InChI is InChI=1S/C64H49N3/c1-64(2)57-33-13-12-32-53(57)55-38-56-54(39-59(65-62(56)40-58(55)64)49-28-14-24-45(34-49)42-18-6-3-7-19-42)48-27-17-31-52(37-48)63-66-60(50-29-15-25-46(35-50)43-20-8-4-9-21-43)41-61(67-63)51-30-16-26-47(36-51)44-22-10-5-11-23-44/h3-41,59-60,65H,1-2H3,(H,66,67). The molecule has 0 spiro atoms. The van der Waals surface area contributed by atoms with Gasteiger partial charge in [0.15, 0.2) is 0 Å². The fourth-order valence-corrected chi connectivity index (χ4v) is 10.4. The third-order valence-corrected chi connectivity index (χ3v) is 13.9. The van der Waals surface area contributed by atoms with Gasteiger partial charge in [0.2, 0.25) is 0 Å². The number of rotatable bonds is 8. The number of hydrogen-bond acceptors (Lipinski definition) is 3. The lowest BCUT2D eigenvalue weighted by molar-refractivity contribution is 0.660. The minimum Gasteiger partial charge on any atom is -0.374 e. The zero-order chi connectivity index (χ0) is 44.9. The summed E-state index contributed by atoms with van der Waals surface area (Å²) in [6.07, 6.45) is 4.71. The third kappa shape index (κ3) is 7.49. The number of nitrogens with zero attached hydrogens (tertiary/aromatic N) is 1. The van der Waals surface area contributed by atoms with Crippen LogP contribution in [0.15, 0.2) is 242 Å². The summed E-state index contributed by atoms with van der Waals surface area (Å²) in [5.74, 6) is 0.839. The Kier molecular flexibility index (Phi) is 9.99. The van der Waals surface area contributed by atoms with E-state index in [9.17, 15) is 0 Å². The molecule has 2 N–H and O–H groups in total. The normalized spacial score (nSPS) is 16.5. The van der Waals surface area contributed by atoms with Crippen molar-refractivity contribution in [3.63, 3.8) is 0 Å². The van der Waals surface area contributed by atoms with Crippen molar-refractivity contribution in [1.29, 1.82) is 0 Å². The molecule has 1 aliphatic carbocycles. The van der Waals surface area contributed by atoms with Crippen LogP contribution in [0.1, 0.15) is 70.4 Å². The molecule has 2 aliphatic heterocycles. The van der Waals surface area contributed by atoms with Crippen LogP contribution in [0.5, 0.6) is 0 Å². The number of hydrogen-bond donors (Lipinski definition) is 2. The second-order valence-electron chi connectivity index (χ2n) is 18.5. The quantitative estimate of drug-likeness (QED) is 0.160. The number of aliphatic imine (C=N–C) groups is 1. The summed E-state index contributed by atoms with van der Waals surface area (Å²) in [6, 6.07) is 81.1. The maximum Gasteiger partial charge on any atom is 0.134 e. The van der Waals surface area contributed by atoms with E-state index in [-0.39, 0.29) is 17.5 Å². The van der Waals surface area contributed by atoms with Crippen LogP contribution in [0.25, 0.3) is 55.8 Å². The van der Waals surface area contributed by atoms with Gasteiger partial charge in [-0.15, -0.1) is 0 Å². The fraction of sp³-hybridized carbons (Fsp3) is 0.0781. The van der Waals surface area contributed by atoms with Crippen molar-refractivity contribution in [1.82, 2.24) is 5.32 Å². The minimum atomic E-state index is -0.125. The van der Waals surface area contributed by atoms with Crippen molar-refractivity contribution in [3.05, 3.63) is 281 Å². The van der Waals surface area contributed by atoms with Gasteiger partial charge in [-0.05, 0) is 126 Å². The van der Waals surface area contributed by atoms with Crippen LogP contribution in [0.2, 0.25) is 0 Å². The smallest absolute Gasteiger partial charge is 0.134 e. The lowest BCUT2D eigenvalue weighted by Gasteiger charge is -2.30. The maximum absolute atomic E-state index is 5.47. The first-order valence-corrected chi connectivity index (χ1v) is 23.3. The number of anilines is 1. The average Bonchev–Trinajstić information content (AvgIpc) is 3.63. The van der Waals surface area contributed by atoms with E-state index in [4.69, 9.17) is 4.99 Å². The van der Waals surface area contributed by atoms with Gasteiger partial charge in [0.25, 0.3) is 0 Å². The largest absolute Gasteiger partial charge is 0.374 e. The molecule has 0 bridgehead atoms. The molecule has 2 atom stereocenters. The molecule has 67 heavy (non-hydrogen) atoms. The Hall–Kier alpha value is -8.27. The number of amidine groups is 1. The highest BCUT2D eigenvalue weighted by Gasteiger charge is 2.37. The van der Waals surface area contributed by atoms with Crippen molar-refractivity contribution in [2.45, 2.75) is 31.3 Å². The van der Waals surface area contributed by atoms with Crippen LogP contribution in [0.3, 0.4) is 0 Å². The van der Waals surface area contributed by atoms with E-state index >= 15 is 0 Å². The van der Waals surface area contributed by atoms with Crippen molar-refractivity contribution >= 4 is 22.8 Å². The molecule has 2 unspecified atom stereocenters. The topological polar surface area (TPSA) is 36.4 Å². The van der Waals surface area contributed by atoms with E-state index in [1.54, 1.807) is 0 Å². The number of nitrogens with one attached hydrogen (secondary N) is 2. The van der Waals surface area contributed by atoms with E-state index < -0.39 is 0 Å². The fourth-order valence-electron chi connectivity index (χ4n) is 10.4. The van der Waals surface area contributed by atoms with E-state index in [0.717, 1.165) is 39.5 Å². The highest BCUT2D eigenvalue weighted by molar-refractivity contribution is 6.05. The molecule has 0 aromatic heterocycles. The summed E-state index contributed by atoms with van der Waals surface area (Å²) in [5, 5.41) is 7.94. The molecule has 0 saturated carbocycles. The predicted molar refractivity (Wildman–Crippen MR) is 280 cm³/mol. The Morgan fingerprint density at radius 2 is 0.851 bits per heavy atom. The van der Waals surface area contributed by atoms with Crippen molar-refractivity contribution in [2.24, 2.45) is 4.99 Å². The van der Waals surface area contributed by atoms with Gasteiger partial charge in [0, 0.05) is 27.8 Å². The summed E-state index contributed by atoms with van der Waals surface area (Å²) in [7, 11) is 0. The zero-order valence-corrected chi connectivity index (χ0v) is 37.6. The molecule has 320 valence electrons. The Bertz CT molecular complexity index is 3430. The van der Waals surface area contributed by atoms with E-state index in [0.29, 0.717) is 0 Å². The molecule has 0 saturated heterocycles. The van der Waals surface area contributed by atoms with Crippen molar-refractivity contribution in [3.8, 4) is 44.5 Å². The van der Waals surface area contributed by atoms with Crippen LogP contribution in [-0.4, -0.2) is 5.84 Å². The molecule has 3 nitrogen and oxygen atoms in total. The van der Waals surface area contributed by atoms with Crippen molar-refractivity contribution < 1.29 is 0 Å². The maximum atomic E-state index is 5.47. The van der Waals surface area contributed by atoms with Crippen LogP contribution in [0, 0.1) is 0 Å². The SMILES string of the molecule is CC1(C)c2ccccc2-c2cc3c(cc21)NC(c1cccc(-c2ccccc2)c1)C=C3c1cccc(C2=NC(c3cccc(-c4ccccc4)c3)=CC(c3cccc(-c4ccccc4)c3)N2)c1. The minimum absolute atomic E-state index is 0.0578. The second kappa shape index (κ2) is 16.6. The Labute approximate surface area is 393 Å². The van der Waals surface area contributed by atoms with Crippen molar-refractivity contribution in [2.75, 3.05) is 5.32 Å². The van der Waals surface area contributed by atoms with Crippen LogP contribution < -0.4 is 10.6 Å². The van der Waals surface area contributed by atoms with Crippen LogP contribution >= 0.6 is 0 Å². The first-order valence-electron chi connectivity index (χ1n) is 23.3. The van der Waals surface area contributed by atoms with Gasteiger partial charge in [-0.25, -0.2) is 4.99 Å². The summed E-state index contributed by atoms with van der Waals surface area (Å²) in [5.41, 5.74) is 22.5. The van der Waals surface area contributed by atoms with Crippen LogP contribution in [-0.2, 0) is 5.41 Å². The third-order valence-electron chi connectivity index (χ3n) is 13.9. The first kappa shape index (κ1) is 40.3. The summed E-state index contributed by atoms with van der Waals surface area (Å²) in [6.45, 7) is 4.72. The second-order valence-corrected chi connectivity index (χ2v) is 18.5. The molecular weight excluding hydrogens is 811 g/mol. The Morgan fingerprint density at radius 1 is 0.358 bits per heavy atom. The average molecular weight is 860 g/mol. The van der Waals surface area contributed by atoms with Gasteiger partial charge >= 0.3 is 0 Å². The van der Waals surface area contributed by atoms with Gasteiger partial charge in [0.1, 0.15) is 5.84 Å². The molecule has 9 aromatic rings. The van der Waals surface area contributed by atoms with E-state index in [2.05, 4.69) is 261 Å². The number of fused-ring (bicyclic) bond motifs is 4. The highest BCUT2D eigenvalue weighted by atomic mass is 15.0. The zero-order valence-electron chi connectivity index (χ0n) is 37.6. The Balaban J connectivity index is 0.987. The van der Waals surface area contributed by atoms with Gasteiger partial charge in [-0.3, -0.25) is 0 Å². The predicted octanol–water partition coefficient (Wildman–Crippen LogP) is 15.7. The monoisotopic (exact) mass is 859 g/mol. The molecule has 0 fully saturated rings. The summed E-state index contributed by atoms with van der Waals surface area (Å²) < 4.78 is 0. The molecule has 3 aliphatic rings. The van der Waals surface area contributed by atoms with Crippen LogP contribution in [0.4, 0.5) is 5.69 Å². The van der Waals surface area contributed by atoms with E-state index in [1.165, 1.54) is 72.3 Å². The van der Waals surface area contributed by atoms with E-state index in [1.807, 2.05) is 0 Å². The number of benzene rings is 9. The molecule has 9 aromatic carbocycles. The molecule has 12 rings (SSSR count). The molecule has 0 radical (unpaired) electrons. The molecular formula is C64H49N3. The summed E-state index contributed by atoms with van der Waals surface area (Å²) in [4.78, 5) is 5.47. The molecule has 0 amide bonds. The van der Waals surface area contributed by atoms with Gasteiger partial charge in [-0.1, -0.05) is 202 Å². The molecule has 2 heterocycles. The highest BCUT2D eigenvalue weighted by Crippen LogP contribution is 2.52. The van der Waals surface area contributed by atoms with Gasteiger partial charge in [-0.2, -0.15) is 0 Å². The lowest BCUT2D eigenvalue weighted by Crippen LogP contribution is -2.31. The van der Waals surface area contributed by atoms with Gasteiger partial charge < -0.3 is 10.6 Å². The Morgan fingerprint density at radius 3 is 1.49 bits per heavy atom.